The van der Waals surface area contributed by atoms with Gasteiger partial charge in [0.05, 0.1) is 12.2 Å². The molecule has 0 aromatic carbocycles. The van der Waals surface area contributed by atoms with Gasteiger partial charge >= 0.3 is 6.03 Å². The van der Waals surface area contributed by atoms with Crippen molar-refractivity contribution in [3.8, 4) is 0 Å². The Labute approximate surface area is 168 Å². The lowest BCUT2D eigenvalue weighted by atomic mass is 9.85. The van der Waals surface area contributed by atoms with Gasteiger partial charge in [-0.25, -0.2) is 4.79 Å². The van der Waals surface area contributed by atoms with E-state index in [4.69, 9.17) is 0 Å². The first-order chi connectivity index (χ1) is 13.4. The van der Waals surface area contributed by atoms with Gasteiger partial charge in [-0.1, -0.05) is 40.2 Å². The van der Waals surface area contributed by atoms with Gasteiger partial charge in [0.25, 0.3) is 5.91 Å². The molecule has 2 aliphatic heterocycles. The molecule has 0 radical (unpaired) electrons. The number of amides is 3. The summed E-state index contributed by atoms with van der Waals surface area (Å²) >= 11 is 0. The first kappa shape index (κ1) is 20.8. The van der Waals surface area contributed by atoms with Gasteiger partial charge in [-0.3, -0.25) is 14.7 Å². The molecule has 6 heteroatoms. The highest BCUT2D eigenvalue weighted by molar-refractivity contribution is 6.07. The van der Waals surface area contributed by atoms with Crippen LogP contribution in [0.5, 0.6) is 0 Å². The van der Waals surface area contributed by atoms with Gasteiger partial charge in [-0.2, -0.15) is 0 Å². The van der Waals surface area contributed by atoms with Crippen LogP contribution in [0.25, 0.3) is 0 Å². The van der Waals surface area contributed by atoms with Crippen molar-refractivity contribution in [1.29, 1.82) is 0 Å². The van der Waals surface area contributed by atoms with Crippen LogP contribution in [0.3, 0.4) is 0 Å². The molecule has 1 aromatic heterocycles. The molecule has 2 aliphatic rings. The van der Waals surface area contributed by atoms with Crippen molar-refractivity contribution in [2.24, 2.45) is 11.8 Å². The highest BCUT2D eigenvalue weighted by Gasteiger charge is 2.57. The number of rotatable bonds is 7. The van der Waals surface area contributed by atoms with Crippen LogP contribution in [0.15, 0.2) is 24.4 Å². The minimum absolute atomic E-state index is 0.0352. The van der Waals surface area contributed by atoms with Gasteiger partial charge in [0.2, 0.25) is 0 Å². The van der Waals surface area contributed by atoms with Crippen molar-refractivity contribution in [2.75, 3.05) is 26.2 Å². The maximum absolute atomic E-state index is 13.5. The SMILES string of the molecule is CC[C@H](C)CN1CCC2(CC1)C(=O)N(Cc1ccccn1)C(=O)N2CC(C)C. The number of urea groups is 1. The fraction of sp³-hybridized carbons (Fsp3) is 0.682. The molecule has 2 saturated heterocycles. The molecule has 3 heterocycles. The predicted molar refractivity (Wildman–Crippen MR) is 110 cm³/mol. The van der Waals surface area contributed by atoms with E-state index < -0.39 is 5.54 Å². The van der Waals surface area contributed by atoms with Crippen LogP contribution in [0.4, 0.5) is 4.79 Å². The van der Waals surface area contributed by atoms with Gasteiger partial charge in [-0.15, -0.1) is 0 Å². The summed E-state index contributed by atoms with van der Waals surface area (Å²) < 4.78 is 0. The van der Waals surface area contributed by atoms with E-state index >= 15 is 0 Å². The first-order valence-corrected chi connectivity index (χ1v) is 10.6. The molecule has 0 unspecified atom stereocenters. The fourth-order valence-corrected chi connectivity index (χ4v) is 4.35. The zero-order valence-electron chi connectivity index (χ0n) is 17.7. The van der Waals surface area contributed by atoms with Gasteiger partial charge in [-0.05, 0) is 36.8 Å². The molecule has 154 valence electrons. The molecule has 0 bridgehead atoms. The van der Waals surface area contributed by atoms with Crippen molar-refractivity contribution in [2.45, 2.75) is 59.0 Å². The predicted octanol–water partition coefficient (Wildman–Crippen LogP) is 3.38. The summed E-state index contributed by atoms with van der Waals surface area (Å²) in [5.74, 6) is 0.941. The zero-order chi connectivity index (χ0) is 20.3. The Balaban J connectivity index is 1.80. The van der Waals surface area contributed by atoms with E-state index in [1.807, 2.05) is 23.1 Å². The third kappa shape index (κ3) is 4.07. The summed E-state index contributed by atoms with van der Waals surface area (Å²) in [6, 6.07) is 5.45. The van der Waals surface area contributed by atoms with Crippen LogP contribution in [-0.2, 0) is 11.3 Å². The van der Waals surface area contributed by atoms with Crippen molar-refractivity contribution in [3.63, 3.8) is 0 Å². The Morgan fingerprint density at radius 2 is 1.82 bits per heavy atom. The summed E-state index contributed by atoms with van der Waals surface area (Å²) in [4.78, 5) is 36.8. The van der Waals surface area contributed by atoms with Gasteiger partial charge in [0.15, 0.2) is 0 Å². The maximum Gasteiger partial charge on any atom is 0.328 e. The second-order valence-corrected chi connectivity index (χ2v) is 8.85. The van der Waals surface area contributed by atoms with Crippen molar-refractivity contribution < 1.29 is 9.59 Å². The van der Waals surface area contributed by atoms with E-state index in [2.05, 4.69) is 37.6 Å². The molecule has 28 heavy (non-hydrogen) atoms. The number of carbonyl (C=O) groups is 2. The molecule has 1 spiro atoms. The van der Waals surface area contributed by atoms with E-state index in [0.29, 0.717) is 18.4 Å². The van der Waals surface area contributed by atoms with E-state index in [-0.39, 0.29) is 18.5 Å². The third-order valence-corrected chi connectivity index (χ3v) is 6.17. The monoisotopic (exact) mass is 386 g/mol. The van der Waals surface area contributed by atoms with Crippen LogP contribution < -0.4 is 0 Å². The van der Waals surface area contributed by atoms with Gasteiger partial charge in [0.1, 0.15) is 5.54 Å². The Hall–Kier alpha value is -1.95. The molecular formula is C22H34N4O2. The number of hydrogen-bond donors (Lipinski definition) is 0. The molecule has 0 aliphatic carbocycles. The smallest absolute Gasteiger partial charge is 0.309 e. The zero-order valence-corrected chi connectivity index (χ0v) is 17.7. The Morgan fingerprint density at radius 1 is 1.11 bits per heavy atom. The Bertz CT molecular complexity index is 683. The van der Waals surface area contributed by atoms with Crippen molar-refractivity contribution in [1.82, 2.24) is 19.7 Å². The summed E-state index contributed by atoms with van der Waals surface area (Å²) in [5, 5.41) is 0. The number of pyridine rings is 1. The second kappa shape index (κ2) is 8.60. The van der Waals surface area contributed by atoms with Crippen molar-refractivity contribution in [3.05, 3.63) is 30.1 Å². The number of aromatic nitrogens is 1. The molecule has 1 atom stereocenters. The third-order valence-electron chi connectivity index (χ3n) is 6.17. The lowest BCUT2D eigenvalue weighted by Crippen LogP contribution is -2.57. The summed E-state index contributed by atoms with van der Waals surface area (Å²) in [7, 11) is 0. The van der Waals surface area contributed by atoms with Crippen LogP contribution in [0, 0.1) is 11.8 Å². The maximum atomic E-state index is 13.5. The van der Waals surface area contributed by atoms with Crippen molar-refractivity contribution >= 4 is 11.9 Å². The topological polar surface area (TPSA) is 56.8 Å². The number of likely N-dealkylation sites (tertiary alicyclic amines) is 1. The largest absolute Gasteiger partial charge is 0.328 e. The number of piperidine rings is 1. The normalized spacial score (nSPS) is 21.2. The fourth-order valence-electron chi connectivity index (χ4n) is 4.35. The number of nitrogens with zero attached hydrogens (tertiary/aromatic N) is 4. The van der Waals surface area contributed by atoms with Crippen LogP contribution in [0.2, 0.25) is 0 Å². The summed E-state index contributed by atoms with van der Waals surface area (Å²) in [5.41, 5.74) is 0.0715. The second-order valence-electron chi connectivity index (χ2n) is 8.85. The van der Waals surface area contributed by atoms with E-state index in [1.165, 1.54) is 4.90 Å². The Kier molecular flexibility index (Phi) is 6.38. The number of imide groups is 1. The molecule has 3 rings (SSSR count). The minimum atomic E-state index is -0.678. The lowest BCUT2D eigenvalue weighted by Gasteiger charge is -2.43. The average molecular weight is 387 g/mol. The van der Waals surface area contributed by atoms with E-state index in [0.717, 1.165) is 44.6 Å². The molecule has 2 fully saturated rings. The Morgan fingerprint density at radius 3 is 2.39 bits per heavy atom. The molecule has 6 nitrogen and oxygen atoms in total. The molecule has 0 N–H and O–H groups in total. The minimum Gasteiger partial charge on any atom is -0.309 e. The number of carbonyl (C=O) groups excluding carboxylic acids is 2. The van der Waals surface area contributed by atoms with E-state index in [1.54, 1.807) is 6.20 Å². The molecule has 3 amide bonds. The average Bonchev–Trinajstić information content (AvgIpc) is 2.86. The molecule has 0 saturated carbocycles. The number of hydrogen-bond acceptors (Lipinski definition) is 4. The highest BCUT2D eigenvalue weighted by atomic mass is 16.2. The van der Waals surface area contributed by atoms with Gasteiger partial charge in [0, 0.05) is 32.4 Å². The summed E-state index contributed by atoms with van der Waals surface area (Å²) in [6.07, 6.45) is 4.31. The summed E-state index contributed by atoms with van der Waals surface area (Å²) in [6.45, 7) is 12.4. The first-order valence-electron chi connectivity index (χ1n) is 10.6. The van der Waals surface area contributed by atoms with Crippen LogP contribution in [0.1, 0.15) is 52.7 Å². The van der Waals surface area contributed by atoms with Crippen LogP contribution >= 0.6 is 0 Å². The van der Waals surface area contributed by atoms with E-state index in [9.17, 15) is 9.59 Å². The van der Waals surface area contributed by atoms with Crippen LogP contribution in [-0.4, -0.2) is 63.3 Å². The van der Waals surface area contributed by atoms with Gasteiger partial charge < -0.3 is 9.80 Å². The quantitative estimate of drug-likeness (QED) is 0.674. The molecule has 1 aromatic rings. The lowest BCUT2D eigenvalue weighted by molar-refractivity contribution is -0.136. The highest BCUT2D eigenvalue weighted by Crippen LogP contribution is 2.38. The standard InChI is InChI=1S/C22H34N4O2/c1-5-18(4)15-24-12-9-22(10-13-24)20(27)25(16-19-8-6-7-11-23-19)21(28)26(22)14-17(2)3/h6-8,11,17-18H,5,9-10,12-16H2,1-4H3/t18-/m0/s1. The molecular weight excluding hydrogens is 352 g/mol.